The van der Waals surface area contributed by atoms with Crippen LogP contribution in [-0.2, 0) is 20.4 Å². The molecular weight excluding hydrogens is 1290 g/mol. The molecule has 14 aromatic rings. The van der Waals surface area contributed by atoms with Gasteiger partial charge in [0.1, 0.15) is 5.75 Å². The van der Waals surface area contributed by atoms with E-state index in [2.05, 4.69) is 369 Å². The fraction of sp³-hybridized carbons (Fsp3) is 0. The first-order valence-electron chi connectivity index (χ1n) is 29.8. The fourth-order valence-corrected chi connectivity index (χ4v) is 19.2. The van der Waals surface area contributed by atoms with Crippen LogP contribution in [0.25, 0.3) is 11.3 Å². The molecule has 0 saturated heterocycles. The first-order valence-corrected chi connectivity index (χ1v) is 35.5. The first-order chi connectivity index (χ1) is 44.6. The predicted molar refractivity (Wildman–Crippen MR) is 397 cm³/mol. The summed E-state index contributed by atoms with van der Waals surface area (Å²) in [6, 6.07) is 140. The van der Waals surface area contributed by atoms with Gasteiger partial charge < -0.3 is 5.11 Å². The average molecular weight is 1360 g/mol. The molecule has 0 amide bonds. The van der Waals surface area contributed by atoms with E-state index < -0.39 is 31.7 Å². The number of hydrogen-bond donors (Lipinski definition) is 1. The summed E-state index contributed by atoms with van der Waals surface area (Å²) in [6.45, 7) is 0. The van der Waals surface area contributed by atoms with Crippen LogP contribution in [-0.4, -0.2) is 10.1 Å². The Morgan fingerprint density at radius 2 is 0.374 bits per heavy atom. The van der Waals surface area contributed by atoms with Crippen molar-refractivity contribution in [1.82, 2.24) is 4.98 Å². The van der Waals surface area contributed by atoms with E-state index in [1.807, 2.05) is 18.2 Å². The molecule has 0 radical (unpaired) electrons. The van der Waals surface area contributed by atoms with Crippen LogP contribution in [0.15, 0.2) is 407 Å². The standard InChI is InChI=1S/4C18H15P.C11H8ClNO.Pd/c4*1-4-10-16(11-5-1)19(17-12-6-2-7-13-17)18-14-8-3-9-15-18;12-9-3-6-11(13-7-9)8-1-4-10(14)5-2-8;/h4*1-15H;1-7,14H;. The van der Waals surface area contributed by atoms with Crippen molar-refractivity contribution in [3.05, 3.63) is 412 Å². The third-order valence-electron chi connectivity index (χ3n) is 14.1. The van der Waals surface area contributed by atoms with Gasteiger partial charge in [-0.05, 0) is 132 Å². The Kier molecular flexibility index (Phi) is 27.2. The number of phenols is 1. The van der Waals surface area contributed by atoms with Gasteiger partial charge in [0.05, 0.1) is 10.7 Å². The normalized spacial score (nSPS) is 10.4. The molecule has 0 saturated carbocycles. The molecule has 13 aromatic carbocycles. The van der Waals surface area contributed by atoms with Gasteiger partial charge in [-0.25, -0.2) is 0 Å². The zero-order valence-corrected chi connectivity index (χ0v) is 55.9. The second-order valence-corrected chi connectivity index (χ2v) is 29.6. The second-order valence-electron chi connectivity index (χ2n) is 20.3. The third kappa shape index (κ3) is 20.2. The van der Waals surface area contributed by atoms with E-state index in [4.69, 9.17) is 16.7 Å². The number of phenolic OH excluding ortho intramolecular Hbond substituents is 1. The Balaban J connectivity index is 0.000000135. The van der Waals surface area contributed by atoms with Crippen molar-refractivity contribution in [2.45, 2.75) is 0 Å². The van der Waals surface area contributed by atoms with Gasteiger partial charge in [0.15, 0.2) is 0 Å². The number of benzene rings is 13. The van der Waals surface area contributed by atoms with Crippen LogP contribution in [0.3, 0.4) is 0 Å². The summed E-state index contributed by atoms with van der Waals surface area (Å²) >= 11 is 5.72. The fourth-order valence-electron chi connectivity index (χ4n) is 9.89. The van der Waals surface area contributed by atoms with Crippen LogP contribution in [0.2, 0.25) is 5.02 Å². The SMILES string of the molecule is Oc1ccc(-c2ccc(Cl)cn2)cc1.[Pd].c1ccc(P(c2ccccc2)c2ccccc2)cc1.c1ccc(P(c2ccccc2)c2ccccc2)cc1.c1ccc(P(c2ccccc2)c2ccccc2)cc1.c1ccc(P(c2ccccc2)c2ccccc2)cc1. The Morgan fingerprint density at radius 1 is 0.209 bits per heavy atom. The van der Waals surface area contributed by atoms with E-state index in [1.54, 1.807) is 24.4 Å². The molecule has 1 N–H and O–H groups in total. The van der Waals surface area contributed by atoms with Gasteiger partial charge in [-0.1, -0.05) is 376 Å². The minimum absolute atomic E-state index is 0. The Bertz CT molecular complexity index is 3310. The summed E-state index contributed by atoms with van der Waals surface area (Å²) < 4.78 is 0. The zero-order valence-electron chi connectivity index (χ0n) is 50.1. The summed E-state index contributed by atoms with van der Waals surface area (Å²) in [5, 5.41) is 26.5. The van der Waals surface area contributed by atoms with Gasteiger partial charge in [0, 0.05) is 32.2 Å². The molecule has 0 spiro atoms. The first kappa shape index (κ1) is 66.9. The largest absolute Gasteiger partial charge is 0.508 e. The van der Waals surface area contributed by atoms with Crippen LogP contribution in [0.4, 0.5) is 0 Å². The number of aromatic hydroxyl groups is 1. The van der Waals surface area contributed by atoms with Crippen LogP contribution >= 0.6 is 43.3 Å². The Labute approximate surface area is 561 Å². The van der Waals surface area contributed by atoms with E-state index in [9.17, 15) is 0 Å². The van der Waals surface area contributed by atoms with Crippen molar-refractivity contribution < 1.29 is 25.5 Å². The molecule has 448 valence electrons. The molecule has 0 atom stereocenters. The molecular formula is C83H68ClNOP4Pd. The molecule has 0 bridgehead atoms. The number of pyridine rings is 1. The smallest absolute Gasteiger partial charge is 0.115 e. The zero-order chi connectivity index (χ0) is 61.6. The van der Waals surface area contributed by atoms with Gasteiger partial charge >= 0.3 is 0 Å². The molecule has 8 heteroatoms. The summed E-state index contributed by atoms with van der Waals surface area (Å²) in [5.74, 6) is 0.253. The van der Waals surface area contributed by atoms with Crippen molar-refractivity contribution >= 4 is 107 Å². The van der Waals surface area contributed by atoms with E-state index in [0.717, 1.165) is 11.3 Å². The van der Waals surface area contributed by atoms with Crippen molar-refractivity contribution in [2.75, 3.05) is 0 Å². The summed E-state index contributed by atoms with van der Waals surface area (Å²) in [7, 11) is -1.78. The number of hydrogen-bond acceptors (Lipinski definition) is 2. The average Bonchev–Trinajstić information content (AvgIpc) is 1.86. The van der Waals surface area contributed by atoms with E-state index in [1.165, 1.54) is 63.7 Å². The number of aromatic nitrogens is 1. The molecule has 0 unspecified atom stereocenters. The molecule has 1 aromatic heterocycles. The molecule has 2 nitrogen and oxygen atoms in total. The van der Waals surface area contributed by atoms with E-state index in [0.29, 0.717) is 5.02 Å². The number of nitrogens with zero attached hydrogens (tertiary/aromatic N) is 1. The van der Waals surface area contributed by atoms with Gasteiger partial charge in [0.25, 0.3) is 0 Å². The quantitative estimate of drug-likeness (QED) is 0.0922. The van der Waals surface area contributed by atoms with Crippen LogP contribution < -0.4 is 63.7 Å². The van der Waals surface area contributed by atoms with Crippen molar-refractivity contribution in [1.29, 1.82) is 0 Å². The minimum Gasteiger partial charge on any atom is -0.508 e. The molecule has 0 aliphatic rings. The minimum atomic E-state index is -0.446. The van der Waals surface area contributed by atoms with Crippen molar-refractivity contribution in [2.24, 2.45) is 0 Å². The molecule has 0 aliphatic carbocycles. The number of halogens is 1. The predicted octanol–water partition coefficient (Wildman–Crippen LogP) is 16.9. The third-order valence-corrected chi connectivity index (χ3v) is 24.1. The Morgan fingerprint density at radius 3 is 0.516 bits per heavy atom. The maximum absolute atomic E-state index is 9.11. The molecule has 14 rings (SSSR count). The summed E-state index contributed by atoms with van der Waals surface area (Å²) in [6.07, 6.45) is 1.60. The Hall–Kier alpha value is -8.52. The van der Waals surface area contributed by atoms with Crippen molar-refractivity contribution in [3.8, 4) is 17.0 Å². The topological polar surface area (TPSA) is 33.1 Å². The van der Waals surface area contributed by atoms with E-state index >= 15 is 0 Å². The summed E-state index contributed by atoms with van der Waals surface area (Å²) in [4.78, 5) is 4.16. The van der Waals surface area contributed by atoms with Gasteiger partial charge in [-0.2, -0.15) is 0 Å². The van der Waals surface area contributed by atoms with Crippen LogP contribution in [0.1, 0.15) is 0 Å². The maximum atomic E-state index is 9.11. The molecule has 91 heavy (non-hydrogen) atoms. The van der Waals surface area contributed by atoms with E-state index in [-0.39, 0.29) is 26.2 Å². The van der Waals surface area contributed by atoms with Crippen molar-refractivity contribution in [3.63, 3.8) is 0 Å². The summed E-state index contributed by atoms with van der Waals surface area (Å²) in [5.41, 5.74) is 1.80. The van der Waals surface area contributed by atoms with Crippen LogP contribution in [0.5, 0.6) is 5.75 Å². The van der Waals surface area contributed by atoms with Gasteiger partial charge in [-0.3, -0.25) is 4.98 Å². The van der Waals surface area contributed by atoms with Gasteiger partial charge in [0.2, 0.25) is 0 Å². The van der Waals surface area contributed by atoms with Crippen LogP contribution in [0, 0.1) is 0 Å². The number of rotatable bonds is 13. The second kappa shape index (κ2) is 37.0. The molecule has 0 fully saturated rings. The van der Waals surface area contributed by atoms with Gasteiger partial charge in [-0.15, -0.1) is 0 Å². The molecule has 0 aliphatic heterocycles. The molecule has 1 heterocycles. The maximum Gasteiger partial charge on any atom is 0.115 e. The monoisotopic (exact) mass is 1360 g/mol.